The lowest BCUT2D eigenvalue weighted by Crippen LogP contribution is -1.38. The van der Waals surface area contributed by atoms with Crippen LogP contribution in [0.2, 0.25) is 0 Å². The maximum atomic E-state index is 7.64. The fourth-order valence-electron chi connectivity index (χ4n) is 0. The van der Waals surface area contributed by atoms with Gasteiger partial charge in [0.25, 0.3) is 6.08 Å². The number of hydrogen-bond acceptors (Lipinski definition) is 1. The van der Waals surface area contributed by atoms with E-state index in [1.165, 1.54) is 0 Å². The summed E-state index contributed by atoms with van der Waals surface area (Å²) in [5.74, 6) is 0. The minimum atomic E-state index is 0.875. The Kier molecular flexibility index (Phi) is 2.11. The van der Waals surface area contributed by atoms with Gasteiger partial charge in [-0.15, -0.1) is 0 Å². The van der Waals surface area contributed by atoms with Gasteiger partial charge in [-0.2, -0.15) is 0 Å². The zero-order valence-corrected chi connectivity index (χ0v) is 2.52. The van der Waals surface area contributed by atoms with Crippen molar-refractivity contribution in [3.05, 3.63) is 12.3 Å². The highest BCUT2D eigenvalue weighted by atomic mass is 16.2. The number of aliphatic hydroxyl groups is 1. The average Bonchev–Trinajstić information content (AvgIpc) is 1.37. The van der Waals surface area contributed by atoms with Crippen molar-refractivity contribution in [2.75, 3.05) is 0 Å². The Morgan fingerprint density at radius 3 is 2.25 bits per heavy atom. The first-order chi connectivity index (χ1) is 1.91. The molecule has 0 aromatic heterocycles. The Hall–Kier alpha value is -0.550. The van der Waals surface area contributed by atoms with E-state index in [9.17, 15) is 0 Å². The second-order valence-corrected chi connectivity index (χ2v) is 0.418. The Labute approximate surface area is 25.6 Å². The molecular formula is C3H5O+. The molecule has 0 saturated heterocycles. The Bertz CT molecular complexity index is 18.5. The predicted octanol–water partition coefficient (Wildman–Crippen LogP) is 0.881. The molecule has 0 radical (unpaired) electrons. The van der Waals surface area contributed by atoms with E-state index in [0.29, 0.717) is 0 Å². The second kappa shape index (κ2) is 2.45. The molecule has 22 valence electrons. The molecule has 0 atom stereocenters. The highest BCUT2D eigenvalue weighted by molar-refractivity contribution is 4.48. The smallest absolute Gasteiger partial charge is 0.324 e. The van der Waals surface area contributed by atoms with Crippen LogP contribution in [-0.4, -0.2) is 5.11 Å². The molecule has 0 aromatic rings. The fourth-order valence-corrected chi connectivity index (χ4v) is 0. The molecular weight excluding hydrogens is 52.0 g/mol. The van der Waals surface area contributed by atoms with Gasteiger partial charge in [0.05, 0.1) is 0 Å². The maximum Gasteiger partial charge on any atom is 0.324 e. The molecule has 1 nitrogen and oxygen atoms in total. The third-order valence-corrected chi connectivity index (χ3v) is 0.129. The summed E-state index contributed by atoms with van der Waals surface area (Å²) in [6.45, 7) is 1.62. The molecule has 0 fully saturated rings. The Morgan fingerprint density at radius 1 is 2.00 bits per heavy atom. The van der Waals surface area contributed by atoms with Crippen LogP contribution in [0.4, 0.5) is 0 Å². The van der Waals surface area contributed by atoms with Crippen molar-refractivity contribution in [2.45, 2.75) is 6.92 Å². The summed E-state index contributed by atoms with van der Waals surface area (Å²) < 4.78 is 0. The molecule has 0 aromatic carbocycles. The standard InChI is InChI=1S/C3H4O/c1-2-3-4/h3H,1H3/p+1. The maximum absolute atomic E-state index is 7.64. The summed E-state index contributed by atoms with van der Waals surface area (Å²) in [5, 5.41) is 7.64. The van der Waals surface area contributed by atoms with Crippen molar-refractivity contribution in [1.82, 2.24) is 0 Å². The molecule has 0 amide bonds. The third-order valence-electron chi connectivity index (χ3n) is 0.129. The molecule has 0 unspecified atom stereocenters. The van der Waals surface area contributed by atoms with E-state index in [2.05, 4.69) is 6.08 Å². The molecule has 0 aliphatic rings. The van der Waals surface area contributed by atoms with Crippen molar-refractivity contribution in [3.63, 3.8) is 0 Å². The highest BCUT2D eigenvalue weighted by Crippen LogP contribution is 1.48. The summed E-state index contributed by atoms with van der Waals surface area (Å²) in [5.41, 5.74) is 0. The van der Waals surface area contributed by atoms with Gasteiger partial charge in [0.15, 0.2) is 6.92 Å². The minimum absolute atomic E-state index is 0.875. The zero-order valence-electron chi connectivity index (χ0n) is 2.52. The van der Waals surface area contributed by atoms with Crippen LogP contribution in [0.3, 0.4) is 0 Å². The molecule has 0 rings (SSSR count). The topological polar surface area (TPSA) is 20.2 Å². The van der Waals surface area contributed by atoms with Gasteiger partial charge in [-0.05, 0) is 0 Å². The first-order valence-corrected chi connectivity index (χ1v) is 1.05. The molecule has 0 aliphatic carbocycles. The van der Waals surface area contributed by atoms with E-state index in [4.69, 9.17) is 5.11 Å². The molecule has 0 saturated carbocycles. The van der Waals surface area contributed by atoms with Crippen LogP contribution in [0.15, 0.2) is 6.26 Å². The minimum Gasteiger partial charge on any atom is -0.474 e. The van der Waals surface area contributed by atoms with Gasteiger partial charge in [-0.25, -0.2) is 0 Å². The monoisotopic (exact) mass is 57.0 g/mol. The van der Waals surface area contributed by atoms with Gasteiger partial charge in [0.2, 0.25) is 0 Å². The Balaban J connectivity index is 2.55. The van der Waals surface area contributed by atoms with E-state index in [1.807, 2.05) is 0 Å². The van der Waals surface area contributed by atoms with E-state index in [1.54, 1.807) is 6.92 Å². The predicted molar refractivity (Wildman–Crippen MR) is 16.1 cm³/mol. The van der Waals surface area contributed by atoms with Crippen LogP contribution < -0.4 is 0 Å². The van der Waals surface area contributed by atoms with Crippen LogP contribution in [0, 0.1) is 6.08 Å². The van der Waals surface area contributed by atoms with Crippen LogP contribution in [0.25, 0.3) is 0 Å². The van der Waals surface area contributed by atoms with Crippen LogP contribution >= 0.6 is 0 Å². The summed E-state index contributed by atoms with van der Waals surface area (Å²) in [7, 11) is 0. The van der Waals surface area contributed by atoms with Crippen LogP contribution in [0.5, 0.6) is 0 Å². The van der Waals surface area contributed by atoms with Crippen LogP contribution in [-0.2, 0) is 0 Å². The number of allylic oxidation sites excluding steroid dienone is 1. The van der Waals surface area contributed by atoms with Crippen molar-refractivity contribution in [3.8, 4) is 0 Å². The lowest BCUT2D eigenvalue weighted by atomic mass is 10.8. The first-order valence-electron chi connectivity index (χ1n) is 1.05. The number of aliphatic hydroxyl groups excluding tert-OH is 1. The molecule has 4 heavy (non-hydrogen) atoms. The van der Waals surface area contributed by atoms with E-state index >= 15 is 0 Å². The molecule has 0 spiro atoms. The molecule has 0 bridgehead atoms. The molecule has 1 heteroatoms. The largest absolute Gasteiger partial charge is 0.474 e. The third kappa shape index (κ3) is 1.45. The van der Waals surface area contributed by atoms with Gasteiger partial charge < -0.3 is 5.11 Å². The van der Waals surface area contributed by atoms with E-state index < -0.39 is 0 Å². The normalized spacial score (nSPS) is 7.25. The first kappa shape index (κ1) is 3.45. The van der Waals surface area contributed by atoms with Crippen molar-refractivity contribution in [1.29, 1.82) is 0 Å². The van der Waals surface area contributed by atoms with Crippen LogP contribution in [0.1, 0.15) is 6.92 Å². The molecule has 0 aliphatic heterocycles. The van der Waals surface area contributed by atoms with Crippen molar-refractivity contribution < 1.29 is 5.11 Å². The van der Waals surface area contributed by atoms with E-state index in [-0.39, 0.29) is 0 Å². The van der Waals surface area contributed by atoms with Gasteiger partial charge in [0, 0.05) is 0 Å². The molecule has 1 N–H and O–H groups in total. The van der Waals surface area contributed by atoms with Crippen molar-refractivity contribution in [2.24, 2.45) is 0 Å². The van der Waals surface area contributed by atoms with Crippen molar-refractivity contribution >= 4 is 0 Å². The zero-order chi connectivity index (χ0) is 3.41. The second-order valence-electron chi connectivity index (χ2n) is 0.418. The number of rotatable bonds is 0. The van der Waals surface area contributed by atoms with E-state index in [0.717, 1.165) is 6.26 Å². The van der Waals surface area contributed by atoms with Gasteiger partial charge in [0.1, 0.15) is 0 Å². The molecule has 0 heterocycles. The SMILES string of the molecule is C[C+]=CO. The average molecular weight is 57.1 g/mol. The lowest BCUT2D eigenvalue weighted by Gasteiger charge is -1.35. The Morgan fingerprint density at radius 2 is 2.25 bits per heavy atom. The van der Waals surface area contributed by atoms with Gasteiger partial charge >= 0.3 is 6.26 Å². The quantitative estimate of drug-likeness (QED) is 0.323. The highest BCUT2D eigenvalue weighted by Gasteiger charge is 1.59. The lowest BCUT2D eigenvalue weighted by molar-refractivity contribution is 0.470. The van der Waals surface area contributed by atoms with Gasteiger partial charge in [-0.3, -0.25) is 0 Å². The summed E-state index contributed by atoms with van der Waals surface area (Å²) in [6, 6.07) is 0. The fraction of sp³-hybridized carbons (Fsp3) is 0.333. The summed E-state index contributed by atoms with van der Waals surface area (Å²) in [6.07, 6.45) is 3.24. The summed E-state index contributed by atoms with van der Waals surface area (Å²) >= 11 is 0. The summed E-state index contributed by atoms with van der Waals surface area (Å²) in [4.78, 5) is 0. The number of hydrogen-bond donors (Lipinski definition) is 1. The van der Waals surface area contributed by atoms with Gasteiger partial charge in [-0.1, -0.05) is 0 Å².